The van der Waals surface area contributed by atoms with Crippen LogP contribution >= 0.6 is 15.9 Å². The summed E-state index contributed by atoms with van der Waals surface area (Å²) in [5.74, 6) is -1.75. The molecule has 0 saturated carbocycles. The molecule has 0 bridgehead atoms. The number of cyclic esters (lactones) is 2. The van der Waals surface area contributed by atoms with Gasteiger partial charge in [-0.05, 0) is 28.1 Å². The van der Waals surface area contributed by atoms with Crippen molar-refractivity contribution in [3.8, 4) is 0 Å². The number of hydrogen-bond acceptors (Lipinski definition) is 5. The van der Waals surface area contributed by atoms with Gasteiger partial charge in [-0.2, -0.15) is 0 Å². The average molecular weight is 269 g/mol. The zero-order chi connectivity index (χ0) is 11.2. The summed E-state index contributed by atoms with van der Waals surface area (Å²) in [5, 5.41) is 7.48. The van der Waals surface area contributed by atoms with Gasteiger partial charge in [-0.3, -0.25) is 5.41 Å². The first kappa shape index (κ1) is 9.85. The van der Waals surface area contributed by atoms with E-state index in [1.807, 2.05) is 0 Å². The molecule has 0 radical (unpaired) electrons. The Morgan fingerprint density at radius 1 is 1.27 bits per heavy atom. The number of rotatable bonds is 0. The molecule has 0 atom stereocenters. The molecular weight excluding hydrogens is 264 g/mol. The van der Waals surface area contributed by atoms with E-state index in [9.17, 15) is 9.59 Å². The molecule has 0 aromatic heterocycles. The molecule has 6 heteroatoms. The van der Waals surface area contributed by atoms with E-state index in [1.165, 1.54) is 6.07 Å². The third-order valence-electron chi connectivity index (χ3n) is 2.05. The number of carbonyl (C=O) groups is 2. The monoisotopic (exact) mass is 268 g/mol. The van der Waals surface area contributed by atoms with E-state index in [-0.39, 0.29) is 16.8 Å². The lowest BCUT2D eigenvalue weighted by molar-refractivity contribution is -0.130. The van der Waals surface area contributed by atoms with Gasteiger partial charge in [0.05, 0.1) is 11.3 Å². The highest BCUT2D eigenvalue weighted by atomic mass is 79.9. The van der Waals surface area contributed by atoms with Gasteiger partial charge in [0.2, 0.25) is 0 Å². The van der Waals surface area contributed by atoms with E-state index >= 15 is 0 Å². The van der Waals surface area contributed by atoms with Crippen LogP contribution in [0.4, 0.5) is 5.69 Å². The molecule has 0 saturated heterocycles. The third-order valence-corrected chi connectivity index (χ3v) is 2.74. The Bertz CT molecular complexity index is 510. The molecule has 1 aromatic carbocycles. The molecule has 76 valence electrons. The Balaban J connectivity index is 2.78. The van der Waals surface area contributed by atoms with Crippen LogP contribution in [0.1, 0.15) is 15.9 Å². The number of carbonyl (C=O) groups excluding carboxylic acids is 2. The highest BCUT2D eigenvalue weighted by Crippen LogP contribution is 2.29. The molecule has 3 N–H and O–H groups in total. The Kier molecular flexibility index (Phi) is 2.08. The van der Waals surface area contributed by atoms with Crippen molar-refractivity contribution in [3.05, 3.63) is 27.7 Å². The summed E-state index contributed by atoms with van der Waals surface area (Å²) >= 11 is 3.16. The quantitative estimate of drug-likeness (QED) is 0.419. The molecule has 1 aliphatic heterocycles. The van der Waals surface area contributed by atoms with Crippen molar-refractivity contribution >= 4 is 39.3 Å². The molecule has 1 aliphatic rings. The second-order valence-electron chi connectivity index (χ2n) is 2.94. The predicted molar refractivity (Wildman–Crippen MR) is 55.8 cm³/mol. The standard InChI is InChI=1S/C9H5BrN2O3/c10-4-2-1-3-5(6(4)11)7(12)9(14)15-8(3)13/h1-2,12H,11H2. The predicted octanol–water partition coefficient (Wildman–Crippen LogP) is 1.10. The van der Waals surface area contributed by atoms with Crippen LogP contribution < -0.4 is 5.73 Å². The summed E-state index contributed by atoms with van der Waals surface area (Å²) in [6.45, 7) is 0. The summed E-state index contributed by atoms with van der Waals surface area (Å²) in [6.07, 6.45) is 0. The Labute approximate surface area is 92.8 Å². The maximum Gasteiger partial charge on any atom is 0.364 e. The lowest BCUT2D eigenvalue weighted by Gasteiger charge is -2.17. The fourth-order valence-corrected chi connectivity index (χ4v) is 1.66. The number of nitrogens with two attached hydrogens (primary N) is 1. The van der Waals surface area contributed by atoms with Gasteiger partial charge in [0.25, 0.3) is 0 Å². The molecule has 0 aliphatic carbocycles. The second kappa shape index (κ2) is 3.16. The number of anilines is 1. The SMILES string of the molecule is N=C1C(=O)OC(=O)c2ccc(Br)c(N)c21. The lowest BCUT2D eigenvalue weighted by Crippen LogP contribution is -2.30. The number of nitrogens with one attached hydrogen (secondary N) is 1. The first-order chi connectivity index (χ1) is 7.02. The first-order valence-corrected chi connectivity index (χ1v) is 4.75. The normalized spacial score (nSPS) is 14.9. The minimum atomic E-state index is -0.975. The van der Waals surface area contributed by atoms with Crippen LogP contribution in [-0.4, -0.2) is 17.7 Å². The maximum absolute atomic E-state index is 11.3. The maximum atomic E-state index is 11.3. The number of hydrogen-bond donors (Lipinski definition) is 2. The Hall–Kier alpha value is -1.69. The van der Waals surface area contributed by atoms with E-state index in [0.717, 1.165) is 0 Å². The van der Waals surface area contributed by atoms with E-state index in [1.54, 1.807) is 6.07 Å². The molecule has 5 nitrogen and oxygen atoms in total. The molecule has 2 rings (SSSR count). The van der Waals surface area contributed by atoms with Crippen LogP contribution in [0.5, 0.6) is 0 Å². The number of ether oxygens (including phenoxy) is 1. The van der Waals surface area contributed by atoms with E-state index in [4.69, 9.17) is 11.1 Å². The fourth-order valence-electron chi connectivity index (χ4n) is 1.33. The zero-order valence-corrected chi connectivity index (χ0v) is 8.92. The molecule has 0 amide bonds. The van der Waals surface area contributed by atoms with Gasteiger partial charge in [0, 0.05) is 10.0 Å². The Morgan fingerprint density at radius 2 is 1.93 bits per heavy atom. The fraction of sp³-hybridized carbons (Fsp3) is 0. The summed E-state index contributed by atoms with van der Waals surface area (Å²) in [7, 11) is 0. The molecule has 1 heterocycles. The van der Waals surface area contributed by atoms with Crippen molar-refractivity contribution in [2.45, 2.75) is 0 Å². The van der Waals surface area contributed by atoms with Gasteiger partial charge in [-0.15, -0.1) is 0 Å². The molecule has 0 unspecified atom stereocenters. The highest BCUT2D eigenvalue weighted by molar-refractivity contribution is 9.10. The van der Waals surface area contributed by atoms with Crippen molar-refractivity contribution in [2.24, 2.45) is 0 Å². The van der Waals surface area contributed by atoms with Gasteiger partial charge in [0.1, 0.15) is 0 Å². The molecule has 0 fully saturated rings. The summed E-state index contributed by atoms with van der Waals surface area (Å²) in [5.41, 5.74) is 5.74. The van der Waals surface area contributed by atoms with Crippen molar-refractivity contribution in [2.75, 3.05) is 5.73 Å². The third kappa shape index (κ3) is 1.33. The van der Waals surface area contributed by atoms with Crippen LogP contribution in [0.3, 0.4) is 0 Å². The van der Waals surface area contributed by atoms with E-state index in [0.29, 0.717) is 4.47 Å². The molecular formula is C9H5BrN2O3. The largest absolute Gasteiger partial charge is 0.397 e. The minimum Gasteiger partial charge on any atom is -0.397 e. The highest BCUT2D eigenvalue weighted by Gasteiger charge is 2.32. The minimum absolute atomic E-state index is 0.130. The van der Waals surface area contributed by atoms with Crippen LogP contribution in [0.2, 0.25) is 0 Å². The topological polar surface area (TPSA) is 93.2 Å². The van der Waals surface area contributed by atoms with Gasteiger partial charge in [0.15, 0.2) is 5.71 Å². The van der Waals surface area contributed by atoms with Gasteiger partial charge in [-0.1, -0.05) is 0 Å². The van der Waals surface area contributed by atoms with Crippen molar-refractivity contribution in [1.29, 1.82) is 5.41 Å². The number of benzene rings is 1. The second-order valence-corrected chi connectivity index (χ2v) is 3.79. The van der Waals surface area contributed by atoms with Crippen LogP contribution in [0.15, 0.2) is 16.6 Å². The number of esters is 2. The van der Waals surface area contributed by atoms with Gasteiger partial charge < -0.3 is 10.5 Å². The number of fused-ring (bicyclic) bond motifs is 1. The average Bonchev–Trinajstić information content (AvgIpc) is 2.19. The zero-order valence-electron chi connectivity index (χ0n) is 7.33. The van der Waals surface area contributed by atoms with Crippen molar-refractivity contribution < 1.29 is 14.3 Å². The van der Waals surface area contributed by atoms with Crippen molar-refractivity contribution in [3.63, 3.8) is 0 Å². The van der Waals surface area contributed by atoms with E-state index < -0.39 is 17.7 Å². The smallest absolute Gasteiger partial charge is 0.364 e. The summed E-state index contributed by atoms with van der Waals surface area (Å²) in [4.78, 5) is 22.4. The molecule has 0 spiro atoms. The van der Waals surface area contributed by atoms with Gasteiger partial charge >= 0.3 is 11.9 Å². The first-order valence-electron chi connectivity index (χ1n) is 3.95. The summed E-state index contributed by atoms with van der Waals surface area (Å²) < 4.78 is 4.88. The summed E-state index contributed by atoms with van der Waals surface area (Å²) in [6, 6.07) is 3.03. The number of nitrogen functional groups attached to an aromatic ring is 1. The van der Waals surface area contributed by atoms with Crippen LogP contribution in [0, 0.1) is 5.41 Å². The number of halogens is 1. The van der Waals surface area contributed by atoms with Crippen LogP contribution in [0.25, 0.3) is 0 Å². The van der Waals surface area contributed by atoms with Gasteiger partial charge in [-0.25, -0.2) is 9.59 Å². The molecule has 1 aromatic rings. The molecule has 15 heavy (non-hydrogen) atoms. The van der Waals surface area contributed by atoms with Crippen LogP contribution in [-0.2, 0) is 9.53 Å². The lowest BCUT2D eigenvalue weighted by atomic mass is 9.99. The Morgan fingerprint density at radius 3 is 2.60 bits per heavy atom. The van der Waals surface area contributed by atoms with E-state index in [2.05, 4.69) is 20.7 Å². The van der Waals surface area contributed by atoms with Crippen molar-refractivity contribution in [1.82, 2.24) is 0 Å².